The summed E-state index contributed by atoms with van der Waals surface area (Å²) in [4.78, 5) is 15.2. The van der Waals surface area contributed by atoms with Crippen LogP contribution in [0.3, 0.4) is 0 Å². The van der Waals surface area contributed by atoms with Crippen LogP contribution in [0.25, 0.3) is 0 Å². The number of hydrogen-bond donors (Lipinski definition) is 2. The van der Waals surface area contributed by atoms with Gasteiger partial charge in [-0.2, -0.15) is 5.10 Å². The molecule has 6 heteroatoms. The van der Waals surface area contributed by atoms with Gasteiger partial charge in [0.2, 0.25) is 5.95 Å². The maximum Gasteiger partial charge on any atom is 0.335 e. The third-order valence-electron chi connectivity index (χ3n) is 2.80. The van der Waals surface area contributed by atoms with Gasteiger partial charge in [0.05, 0.1) is 17.0 Å². The third-order valence-corrected chi connectivity index (χ3v) is 2.80. The maximum absolute atomic E-state index is 10.9. The average Bonchev–Trinajstić information content (AvgIpc) is 2.33. The van der Waals surface area contributed by atoms with E-state index in [0.29, 0.717) is 11.5 Å². The Morgan fingerprint density at radius 2 is 1.89 bits per heavy atom. The lowest BCUT2D eigenvalue weighted by Crippen LogP contribution is -2.04. The zero-order valence-electron chi connectivity index (χ0n) is 10.9. The monoisotopic (exact) mass is 258 g/mol. The fraction of sp³-hybridized carbons (Fsp3) is 0.231. The number of aryl methyl sites for hydroxylation is 3. The highest BCUT2D eigenvalue weighted by Crippen LogP contribution is 2.18. The van der Waals surface area contributed by atoms with E-state index >= 15 is 0 Å². The number of aromatic nitrogens is 3. The lowest BCUT2D eigenvalue weighted by molar-refractivity contribution is 0.0696. The van der Waals surface area contributed by atoms with E-state index in [1.807, 2.05) is 13.8 Å². The van der Waals surface area contributed by atoms with Gasteiger partial charge in [-0.1, -0.05) is 0 Å². The van der Waals surface area contributed by atoms with Crippen LogP contribution in [0.2, 0.25) is 0 Å². The van der Waals surface area contributed by atoms with E-state index in [1.165, 1.54) is 0 Å². The molecule has 19 heavy (non-hydrogen) atoms. The Morgan fingerprint density at radius 3 is 2.47 bits per heavy atom. The molecule has 0 aliphatic rings. The molecule has 0 saturated carbocycles. The molecule has 6 nitrogen and oxygen atoms in total. The molecule has 0 aliphatic carbocycles. The molecule has 2 aromatic rings. The first-order chi connectivity index (χ1) is 8.97. The van der Waals surface area contributed by atoms with Gasteiger partial charge in [-0.15, -0.1) is 5.10 Å². The molecule has 0 spiro atoms. The summed E-state index contributed by atoms with van der Waals surface area (Å²) in [6.45, 7) is 5.44. The molecule has 0 aliphatic heterocycles. The average molecular weight is 258 g/mol. The topological polar surface area (TPSA) is 88.0 Å². The van der Waals surface area contributed by atoms with Crippen molar-refractivity contribution in [3.8, 4) is 0 Å². The van der Waals surface area contributed by atoms with Gasteiger partial charge < -0.3 is 10.4 Å². The molecule has 0 amide bonds. The Morgan fingerprint density at radius 1 is 1.16 bits per heavy atom. The first kappa shape index (κ1) is 12.9. The smallest absolute Gasteiger partial charge is 0.335 e. The second-order valence-corrected chi connectivity index (χ2v) is 4.27. The van der Waals surface area contributed by atoms with E-state index in [4.69, 9.17) is 5.11 Å². The summed E-state index contributed by atoms with van der Waals surface area (Å²) in [6.07, 6.45) is 0. The van der Waals surface area contributed by atoms with Crippen LogP contribution in [0.5, 0.6) is 0 Å². The Kier molecular flexibility index (Phi) is 3.41. The minimum atomic E-state index is -0.937. The minimum absolute atomic E-state index is 0.282. The lowest BCUT2D eigenvalue weighted by atomic mass is 10.1. The van der Waals surface area contributed by atoms with E-state index in [-0.39, 0.29) is 5.56 Å². The van der Waals surface area contributed by atoms with Crippen molar-refractivity contribution in [1.82, 2.24) is 15.2 Å². The Balaban J connectivity index is 2.26. The van der Waals surface area contributed by atoms with Crippen molar-refractivity contribution in [2.75, 3.05) is 5.32 Å². The SMILES string of the molecule is Cc1cc(Nc2nnc(C)c(C)n2)ccc1C(=O)O. The molecule has 0 radical (unpaired) electrons. The molecule has 1 heterocycles. The molecule has 0 fully saturated rings. The highest BCUT2D eigenvalue weighted by atomic mass is 16.4. The standard InChI is InChI=1S/C13H14N4O2/c1-7-6-10(4-5-11(7)12(18)19)15-13-14-8(2)9(3)16-17-13/h4-6H,1-3H3,(H,18,19)(H,14,15,17). The number of carboxylic acid groups (broad SMARTS) is 1. The van der Waals surface area contributed by atoms with Gasteiger partial charge in [0.25, 0.3) is 0 Å². The van der Waals surface area contributed by atoms with Crippen LogP contribution in [0.1, 0.15) is 27.3 Å². The van der Waals surface area contributed by atoms with Crippen molar-refractivity contribution in [2.24, 2.45) is 0 Å². The zero-order valence-corrected chi connectivity index (χ0v) is 10.9. The zero-order chi connectivity index (χ0) is 14.0. The van der Waals surface area contributed by atoms with Gasteiger partial charge in [0, 0.05) is 5.69 Å². The molecule has 98 valence electrons. The molecule has 0 bridgehead atoms. The molecular formula is C13H14N4O2. The number of benzene rings is 1. The van der Waals surface area contributed by atoms with Crippen LogP contribution in [0, 0.1) is 20.8 Å². The Bertz CT molecular complexity index is 641. The van der Waals surface area contributed by atoms with E-state index < -0.39 is 5.97 Å². The summed E-state index contributed by atoms with van der Waals surface area (Å²) in [7, 11) is 0. The predicted octanol–water partition coefficient (Wildman–Crippen LogP) is 2.24. The summed E-state index contributed by atoms with van der Waals surface area (Å²) in [5, 5.41) is 19.9. The van der Waals surface area contributed by atoms with Crippen molar-refractivity contribution in [3.63, 3.8) is 0 Å². The minimum Gasteiger partial charge on any atom is -0.478 e. The van der Waals surface area contributed by atoms with Gasteiger partial charge in [0.1, 0.15) is 0 Å². The number of aromatic carboxylic acids is 1. The van der Waals surface area contributed by atoms with Gasteiger partial charge in [-0.25, -0.2) is 9.78 Å². The van der Waals surface area contributed by atoms with Crippen LogP contribution >= 0.6 is 0 Å². The molecular weight excluding hydrogens is 244 g/mol. The van der Waals surface area contributed by atoms with Crippen molar-refractivity contribution < 1.29 is 9.90 Å². The number of nitrogens with one attached hydrogen (secondary N) is 1. The van der Waals surface area contributed by atoms with Crippen LogP contribution in [0.4, 0.5) is 11.6 Å². The molecule has 1 aromatic carbocycles. The van der Waals surface area contributed by atoms with Crippen molar-refractivity contribution >= 4 is 17.6 Å². The molecule has 0 saturated heterocycles. The molecule has 0 atom stereocenters. The number of rotatable bonds is 3. The summed E-state index contributed by atoms with van der Waals surface area (Å²) >= 11 is 0. The van der Waals surface area contributed by atoms with Crippen LogP contribution in [-0.4, -0.2) is 26.3 Å². The second-order valence-electron chi connectivity index (χ2n) is 4.27. The number of anilines is 2. The Hall–Kier alpha value is -2.50. The fourth-order valence-corrected chi connectivity index (χ4v) is 1.62. The van der Waals surface area contributed by atoms with Crippen LogP contribution in [0.15, 0.2) is 18.2 Å². The quantitative estimate of drug-likeness (QED) is 0.877. The Labute approximate surface area is 110 Å². The summed E-state index contributed by atoms with van der Waals surface area (Å²) in [5.41, 5.74) is 3.27. The van der Waals surface area contributed by atoms with E-state index in [1.54, 1.807) is 25.1 Å². The predicted molar refractivity (Wildman–Crippen MR) is 70.7 cm³/mol. The highest BCUT2D eigenvalue weighted by Gasteiger charge is 2.08. The number of carbonyl (C=O) groups is 1. The van der Waals surface area contributed by atoms with Gasteiger partial charge >= 0.3 is 5.97 Å². The third kappa shape index (κ3) is 2.85. The number of carboxylic acids is 1. The van der Waals surface area contributed by atoms with Crippen molar-refractivity contribution in [3.05, 3.63) is 40.7 Å². The second kappa shape index (κ2) is 5.01. The first-order valence-electron chi connectivity index (χ1n) is 5.76. The highest BCUT2D eigenvalue weighted by molar-refractivity contribution is 5.90. The molecule has 2 rings (SSSR count). The normalized spacial score (nSPS) is 10.3. The number of hydrogen-bond acceptors (Lipinski definition) is 5. The van der Waals surface area contributed by atoms with Crippen LogP contribution < -0.4 is 5.32 Å². The summed E-state index contributed by atoms with van der Waals surface area (Å²) in [5.74, 6) is -0.543. The van der Waals surface area contributed by atoms with E-state index in [2.05, 4.69) is 20.5 Å². The summed E-state index contributed by atoms with van der Waals surface area (Å²) in [6, 6.07) is 4.96. The van der Waals surface area contributed by atoms with Crippen molar-refractivity contribution in [1.29, 1.82) is 0 Å². The van der Waals surface area contributed by atoms with Crippen LogP contribution in [-0.2, 0) is 0 Å². The van der Waals surface area contributed by atoms with Gasteiger partial charge in [-0.05, 0) is 44.5 Å². The van der Waals surface area contributed by atoms with Crippen molar-refractivity contribution in [2.45, 2.75) is 20.8 Å². The van der Waals surface area contributed by atoms with E-state index in [9.17, 15) is 4.79 Å². The maximum atomic E-state index is 10.9. The number of nitrogens with zero attached hydrogens (tertiary/aromatic N) is 3. The van der Waals surface area contributed by atoms with Gasteiger partial charge in [-0.3, -0.25) is 0 Å². The molecule has 2 N–H and O–H groups in total. The first-order valence-corrected chi connectivity index (χ1v) is 5.76. The molecule has 0 unspecified atom stereocenters. The van der Waals surface area contributed by atoms with E-state index in [0.717, 1.165) is 17.1 Å². The van der Waals surface area contributed by atoms with Gasteiger partial charge in [0.15, 0.2) is 0 Å². The molecule has 1 aromatic heterocycles. The summed E-state index contributed by atoms with van der Waals surface area (Å²) < 4.78 is 0. The fourth-order valence-electron chi connectivity index (χ4n) is 1.62. The largest absolute Gasteiger partial charge is 0.478 e. The lowest BCUT2D eigenvalue weighted by Gasteiger charge is -2.08.